The van der Waals surface area contributed by atoms with E-state index in [4.69, 9.17) is 4.74 Å². The third kappa shape index (κ3) is 2.32. The molecule has 1 saturated carbocycles. The Labute approximate surface area is 110 Å². The van der Waals surface area contributed by atoms with Crippen molar-refractivity contribution >= 4 is 17.0 Å². The normalized spacial score (nSPS) is 14.8. The number of carbonyl (C=O) groups is 1. The Morgan fingerprint density at radius 1 is 1.53 bits per heavy atom. The van der Waals surface area contributed by atoms with Crippen molar-refractivity contribution in [2.24, 2.45) is 0 Å². The van der Waals surface area contributed by atoms with Crippen LogP contribution in [-0.4, -0.2) is 22.1 Å². The number of hydrogen-bond acceptors (Lipinski definition) is 3. The molecule has 100 valence electrons. The fourth-order valence-electron chi connectivity index (χ4n) is 2.32. The predicted molar refractivity (Wildman–Crippen MR) is 68.3 cm³/mol. The zero-order chi connectivity index (χ0) is 13.4. The van der Waals surface area contributed by atoms with Crippen LogP contribution >= 0.6 is 0 Å². The van der Waals surface area contributed by atoms with Gasteiger partial charge in [0.15, 0.2) is 0 Å². The largest absolute Gasteiger partial charge is 0.466 e. The summed E-state index contributed by atoms with van der Waals surface area (Å²) < 4.78 is 20.3. The van der Waals surface area contributed by atoms with Gasteiger partial charge in [-0.3, -0.25) is 4.79 Å². The van der Waals surface area contributed by atoms with E-state index < -0.39 is 0 Å². The van der Waals surface area contributed by atoms with Crippen molar-refractivity contribution < 1.29 is 13.9 Å². The zero-order valence-electron chi connectivity index (χ0n) is 10.7. The van der Waals surface area contributed by atoms with Crippen LogP contribution in [0.3, 0.4) is 0 Å². The number of ether oxygens (including phenoxy) is 1. The van der Waals surface area contributed by atoms with Crippen LogP contribution in [0.25, 0.3) is 11.0 Å². The Morgan fingerprint density at radius 3 is 3.00 bits per heavy atom. The van der Waals surface area contributed by atoms with Crippen LogP contribution in [0.1, 0.15) is 31.6 Å². The zero-order valence-corrected chi connectivity index (χ0v) is 10.7. The fraction of sp³-hybridized carbons (Fsp3) is 0.429. The number of rotatable bonds is 4. The second-order valence-corrected chi connectivity index (χ2v) is 4.74. The monoisotopic (exact) mass is 262 g/mol. The van der Waals surface area contributed by atoms with Crippen molar-refractivity contribution in [1.82, 2.24) is 9.55 Å². The fourth-order valence-corrected chi connectivity index (χ4v) is 2.32. The van der Waals surface area contributed by atoms with Gasteiger partial charge in [0, 0.05) is 6.04 Å². The molecule has 0 unspecified atom stereocenters. The second-order valence-electron chi connectivity index (χ2n) is 4.74. The van der Waals surface area contributed by atoms with Crippen LogP contribution in [0.15, 0.2) is 18.2 Å². The first-order valence-electron chi connectivity index (χ1n) is 6.51. The Kier molecular flexibility index (Phi) is 2.97. The summed E-state index contributed by atoms with van der Waals surface area (Å²) in [5.41, 5.74) is 1.49. The molecule has 2 aromatic rings. The number of esters is 1. The van der Waals surface area contributed by atoms with Gasteiger partial charge in [-0.2, -0.15) is 0 Å². The maximum atomic E-state index is 13.4. The maximum Gasteiger partial charge on any atom is 0.313 e. The highest BCUT2D eigenvalue weighted by Gasteiger charge is 2.29. The molecular formula is C14H15FN2O2. The molecule has 0 saturated heterocycles. The lowest BCUT2D eigenvalue weighted by molar-refractivity contribution is -0.142. The molecule has 0 bridgehead atoms. The molecule has 0 spiro atoms. The minimum Gasteiger partial charge on any atom is -0.466 e. The van der Waals surface area contributed by atoms with E-state index in [0.717, 1.165) is 23.9 Å². The highest BCUT2D eigenvalue weighted by Crippen LogP contribution is 2.38. The number of aromatic nitrogens is 2. The lowest BCUT2D eigenvalue weighted by atomic mass is 10.3. The van der Waals surface area contributed by atoms with Crippen LogP contribution in [0.2, 0.25) is 0 Å². The summed E-state index contributed by atoms with van der Waals surface area (Å²) in [6.45, 7) is 2.13. The van der Waals surface area contributed by atoms with Gasteiger partial charge < -0.3 is 9.30 Å². The van der Waals surface area contributed by atoms with Crippen LogP contribution < -0.4 is 0 Å². The van der Waals surface area contributed by atoms with Crippen molar-refractivity contribution in [2.45, 2.75) is 32.2 Å². The van der Waals surface area contributed by atoms with Gasteiger partial charge in [-0.05, 0) is 38.0 Å². The van der Waals surface area contributed by atoms with Gasteiger partial charge in [-0.15, -0.1) is 0 Å². The summed E-state index contributed by atoms with van der Waals surface area (Å²) in [4.78, 5) is 16.0. The SMILES string of the molecule is CCOC(=O)Cc1nc2ccc(F)cc2n1C1CC1. The average Bonchev–Trinajstić information content (AvgIpc) is 3.12. The summed E-state index contributed by atoms with van der Waals surface area (Å²) >= 11 is 0. The first-order chi connectivity index (χ1) is 9.19. The van der Waals surface area contributed by atoms with E-state index in [1.54, 1.807) is 13.0 Å². The molecule has 1 fully saturated rings. The predicted octanol–water partition coefficient (Wildman–Crippen LogP) is 2.62. The van der Waals surface area contributed by atoms with Gasteiger partial charge in [0.05, 0.1) is 17.6 Å². The van der Waals surface area contributed by atoms with E-state index in [0.29, 0.717) is 18.5 Å². The molecule has 1 aliphatic carbocycles. The van der Waals surface area contributed by atoms with Crippen LogP contribution in [0.4, 0.5) is 4.39 Å². The summed E-state index contributed by atoms with van der Waals surface area (Å²) in [6, 6.07) is 4.87. The van der Waals surface area contributed by atoms with Crippen LogP contribution in [0.5, 0.6) is 0 Å². The Hall–Kier alpha value is -1.91. The van der Waals surface area contributed by atoms with E-state index >= 15 is 0 Å². The van der Waals surface area contributed by atoms with Gasteiger partial charge >= 0.3 is 5.97 Å². The van der Waals surface area contributed by atoms with Gasteiger partial charge in [-0.1, -0.05) is 0 Å². The van der Waals surface area contributed by atoms with Crippen molar-refractivity contribution in [3.05, 3.63) is 29.8 Å². The number of fused-ring (bicyclic) bond motifs is 1. The number of nitrogens with zero attached hydrogens (tertiary/aromatic N) is 2. The topological polar surface area (TPSA) is 44.1 Å². The van der Waals surface area contributed by atoms with Gasteiger partial charge in [-0.25, -0.2) is 9.37 Å². The standard InChI is InChI=1S/C14H15FN2O2/c1-2-19-14(18)8-13-16-11-6-3-9(15)7-12(11)17(13)10-4-5-10/h3,6-7,10H,2,4-5,8H2,1H3. The second kappa shape index (κ2) is 4.64. The molecule has 5 heteroatoms. The summed E-state index contributed by atoms with van der Waals surface area (Å²) in [7, 11) is 0. The van der Waals surface area contributed by atoms with Crippen LogP contribution in [-0.2, 0) is 16.0 Å². The summed E-state index contributed by atoms with van der Waals surface area (Å²) in [5, 5.41) is 0. The number of carbonyl (C=O) groups excluding carboxylic acids is 1. The minimum absolute atomic E-state index is 0.140. The smallest absolute Gasteiger partial charge is 0.313 e. The number of hydrogen-bond donors (Lipinski definition) is 0. The van der Waals surface area contributed by atoms with E-state index in [2.05, 4.69) is 4.98 Å². The maximum absolute atomic E-state index is 13.4. The summed E-state index contributed by atoms with van der Waals surface area (Å²) in [6.07, 6.45) is 2.25. The molecule has 3 rings (SSSR count). The van der Waals surface area contributed by atoms with Crippen molar-refractivity contribution in [3.63, 3.8) is 0 Å². The minimum atomic E-state index is -0.292. The van der Waals surface area contributed by atoms with Gasteiger partial charge in [0.25, 0.3) is 0 Å². The number of imidazole rings is 1. The van der Waals surface area contributed by atoms with Gasteiger partial charge in [0.2, 0.25) is 0 Å². The first kappa shape index (κ1) is 12.1. The molecule has 0 atom stereocenters. The molecule has 1 aromatic heterocycles. The molecule has 1 aromatic carbocycles. The molecule has 0 radical (unpaired) electrons. The molecule has 0 amide bonds. The van der Waals surface area contributed by atoms with E-state index in [-0.39, 0.29) is 18.2 Å². The lowest BCUT2D eigenvalue weighted by Crippen LogP contribution is -2.12. The molecular weight excluding hydrogens is 247 g/mol. The van der Waals surface area contributed by atoms with Crippen molar-refractivity contribution in [1.29, 1.82) is 0 Å². The van der Waals surface area contributed by atoms with Crippen molar-refractivity contribution in [2.75, 3.05) is 6.61 Å². The van der Waals surface area contributed by atoms with Crippen molar-refractivity contribution in [3.8, 4) is 0 Å². The molecule has 4 nitrogen and oxygen atoms in total. The van der Waals surface area contributed by atoms with E-state index in [1.807, 2.05) is 4.57 Å². The first-order valence-corrected chi connectivity index (χ1v) is 6.51. The molecule has 1 aliphatic rings. The quantitative estimate of drug-likeness (QED) is 0.795. The van der Waals surface area contributed by atoms with E-state index in [1.165, 1.54) is 12.1 Å². The molecule has 19 heavy (non-hydrogen) atoms. The third-order valence-electron chi connectivity index (χ3n) is 3.24. The number of halogens is 1. The lowest BCUT2D eigenvalue weighted by Gasteiger charge is -2.07. The van der Waals surface area contributed by atoms with E-state index in [9.17, 15) is 9.18 Å². The molecule has 1 heterocycles. The molecule has 0 N–H and O–H groups in total. The average molecular weight is 262 g/mol. The summed E-state index contributed by atoms with van der Waals surface area (Å²) in [5.74, 6) is 0.0960. The highest BCUT2D eigenvalue weighted by molar-refractivity contribution is 5.79. The third-order valence-corrected chi connectivity index (χ3v) is 3.24. The Balaban J connectivity index is 2.03. The number of benzene rings is 1. The highest BCUT2D eigenvalue weighted by atomic mass is 19.1. The molecule has 0 aliphatic heterocycles. The Bertz CT molecular complexity index is 632. The van der Waals surface area contributed by atoms with Crippen LogP contribution in [0, 0.1) is 5.82 Å². The Morgan fingerprint density at radius 2 is 2.32 bits per heavy atom. The van der Waals surface area contributed by atoms with Gasteiger partial charge in [0.1, 0.15) is 18.1 Å².